The number of ether oxygens (including phenoxy) is 1. The van der Waals surface area contributed by atoms with Gasteiger partial charge in [-0.15, -0.1) is 0 Å². The summed E-state index contributed by atoms with van der Waals surface area (Å²) in [6.45, 7) is 5.63. The minimum atomic E-state index is -3.95. The molecule has 1 aliphatic rings. The van der Waals surface area contributed by atoms with Gasteiger partial charge in [-0.1, -0.05) is 43.3 Å². The predicted octanol–water partition coefficient (Wildman–Crippen LogP) is 3.60. The highest BCUT2D eigenvalue weighted by Gasteiger charge is 2.38. The zero-order chi connectivity index (χ0) is 26.7. The molecule has 9 heteroatoms. The number of carbonyl (C=O) groups excluding carboxylic acids is 1. The summed E-state index contributed by atoms with van der Waals surface area (Å²) < 4.78 is 35.2. The number of fused-ring (bicyclic) bond motifs is 1. The standard InChI is InChI=1S/C28H33N3O5S/c1-19-9-5-6-10-23(19)22-12-13-27-25(15-22)36-26(17-30(4)28(33)24-11-7-8-14-29-24)20(2)16-31(21(3)18-32)37(27,34)35/h5-15,20-21,26,32H,16-18H2,1-4H3/t20-,21-,26+/m1/s1. The van der Waals surface area contributed by atoms with E-state index in [9.17, 15) is 18.3 Å². The number of amides is 1. The van der Waals surface area contributed by atoms with E-state index in [4.69, 9.17) is 4.74 Å². The van der Waals surface area contributed by atoms with Gasteiger partial charge in [-0.2, -0.15) is 4.31 Å². The van der Waals surface area contributed by atoms with E-state index in [1.807, 2.05) is 38.1 Å². The van der Waals surface area contributed by atoms with Crippen molar-refractivity contribution in [3.8, 4) is 16.9 Å². The van der Waals surface area contributed by atoms with Crippen molar-refractivity contribution in [3.63, 3.8) is 0 Å². The quantitative estimate of drug-likeness (QED) is 0.530. The summed E-state index contributed by atoms with van der Waals surface area (Å²) >= 11 is 0. The maximum absolute atomic E-state index is 13.7. The first kappa shape index (κ1) is 26.8. The van der Waals surface area contributed by atoms with Crippen molar-refractivity contribution in [2.45, 2.75) is 37.8 Å². The molecule has 0 bridgehead atoms. The van der Waals surface area contributed by atoms with Crippen molar-refractivity contribution < 1.29 is 23.1 Å². The Kier molecular flexibility index (Phi) is 7.96. The molecule has 196 valence electrons. The molecule has 3 aromatic rings. The van der Waals surface area contributed by atoms with Crippen molar-refractivity contribution in [1.29, 1.82) is 0 Å². The fraction of sp³-hybridized carbons (Fsp3) is 0.357. The highest BCUT2D eigenvalue weighted by molar-refractivity contribution is 7.89. The molecule has 1 aliphatic heterocycles. The van der Waals surface area contributed by atoms with Gasteiger partial charge in [0.2, 0.25) is 10.0 Å². The average Bonchev–Trinajstić information content (AvgIpc) is 2.90. The van der Waals surface area contributed by atoms with Gasteiger partial charge in [-0.25, -0.2) is 8.42 Å². The molecule has 0 saturated heterocycles. The number of likely N-dealkylation sites (N-methyl/N-ethyl adjacent to an activating group) is 1. The van der Waals surface area contributed by atoms with Crippen molar-refractivity contribution in [1.82, 2.24) is 14.2 Å². The topological polar surface area (TPSA) is 100 Å². The smallest absolute Gasteiger partial charge is 0.272 e. The fourth-order valence-electron chi connectivity index (χ4n) is 4.55. The highest BCUT2D eigenvalue weighted by Crippen LogP contribution is 2.37. The van der Waals surface area contributed by atoms with Gasteiger partial charge in [0.05, 0.1) is 13.2 Å². The second-order valence-corrected chi connectivity index (χ2v) is 11.5. The maximum Gasteiger partial charge on any atom is 0.272 e. The largest absolute Gasteiger partial charge is 0.487 e. The van der Waals surface area contributed by atoms with E-state index >= 15 is 0 Å². The van der Waals surface area contributed by atoms with Crippen molar-refractivity contribution in [3.05, 3.63) is 78.1 Å². The number of hydrogen-bond acceptors (Lipinski definition) is 6. The number of aliphatic hydroxyl groups is 1. The molecule has 1 aromatic heterocycles. The van der Waals surface area contributed by atoms with Gasteiger partial charge in [-0.05, 0) is 54.8 Å². The number of sulfonamides is 1. The molecule has 0 unspecified atom stereocenters. The third-order valence-electron chi connectivity index (χ3n) is 6.81. The Labute approximate surface area is 218 Å². The Hall–Kier alpha value is -3.27. The molecule has 1 N–H and O–H groups in total. The Balaban J connectivity index is 1.76. The van der Waals surface area contributed by atoms with Crippen LogP contribution in [0.1, 0.15) is 29.9 Å². The first-order valence-electron chi connectivity index (χ1n) is 12.3. The zero-order valence-electron chi connectivity index (χ0n) is 21.5. The van der Waals surface area contributed by atoms with Crippen LogP contribution in [0.4, 0.5) is 0 Å². The van der Waals surface area contributed by atoms with E-state index < -0.39 is 22.2 Å². The van der Waals surface area contributed by atoms with Crippen LogP contribution < -0.4 is 4.74 Å². The lowest BCUT2D eigenvalue weighted by molar-refractivity contribution is 0.0560. The van der Waals surface area contributed by atoms with Crippen LogP contribution in [0.5, 0.6) is 5.75 Å². The number of pyridine rings is 1. The number of benzene rings is 2. The first-order valence-corrected chi connectivity index (χ1v) is 13.7. The molecule has 0 spiro atoms. The first-order chi connectivity index (χ1) is 17.6. The Morgan fingerprint density at radius 3 is 2.59 bits per heavy atom. The van der Waals surface area contributed by atoms with Gasteiger partial charge in [0, 0.05) is 31.7 Å². The normalized spacial score (nSPS) is 20.1. The van der Waals surface area contributed by atoms with Gasteiger partial charge in [0.25, 0.3) is 5.91 Å². The van der Waals surface area contributed by atoms with Crippen LogP contribution in [0.25, 0.3) is 11.1 Å². The molecule has 37 heavy (non-hydrogen) atoms. The summed E-state index contributed by atoms with van der Waals surface area (Å²) in [7, 11) is -2.27. The molecular weight excluding hydrogens is 490 g/mol. The van der Waals surface area contributed by atoms with Crippen LogP contribution >= 0.6 is 0 Å². The zero-order valence-corrected chi connectivity index (χ0v) is 22.4. The van der Waals surface area contributed by atoms with E-state index in [0.717, 1.165) is 16.7 Å². The summed E-state index contributed by atoms with van der Waals surface area (Å²) in [5, 5.41) is 9.85. The van der Waals surface area contributed by atoms with Gasteiger partial charge in [0.1, 0.15) is 22.4 Å². The molecule has 2 aromatic carbocycles. The minimum absolute atomic E-state index is 0.0424. The summed E-state index contributed by atoms with van der Waals surface area (Å²) in [6, 6.07) is 17.5. The number of aliphatic hydroxyl groups excluding tert-OH is 1. The molecule has 8 nitrogen and oxygen atoms in total. The SMILES string of the molecule is Cc1ccccc1-c1ccc2c(c1)O[C@@H](CN(C)C(=O)c1ccccn1)[C@H](C)CN([C@H](C)CO)S2(=O)=O. The number of aromatic nitrogens is 1. The van der Waals surface area contributed by atoms with E-state index in [0.29, 0.717) is 5.69 Å². The van der Waals surface area contributed by atoms with Crippen LogP contribution in [0.2, 0.25) is 0 Å². The van der Waals surface area contributed by atoms with Crippen molar-refractivity contribution in [2.75, 3.05) is 26.7 Å². The van der Waals surface area contributed by atoms with Crippen LogP contribution in [0.3, 0.4) is 0 Å². The Bertz CT molecular complexity index is 1360. The van der Waals surface area contributed by atoms with Gasteiger partial charge < -0.3 is 14.7 Å². The van der Waals surface area contributed by atoms with Crippen LogP contribution in [0.15, 0.2) is 71.8 Å². The molecule has 0 radical (unpaired) electrons. The van der Waals surface area contributed by atoms with E-state index in [1.165, 1.54) is 4.31 Å². The predicted molar refractivity (Wildman–Crippen MR) is 142 cm³/mol. The van der Waals surface area contributed by atoms with Gasteiger partial charge in [0.15, 0.2) is 0 Å². The molecule has 3 atom stereocenters. The van der Waals surface area contributed by atoms with Gasteiger partial charge >= 0.3 is 0 Å². The summed E-state index contributed by atoms with van der Waals surface area (Å²) in [5.74, 6) is -0.301. The number of nitrogens with zero attached hydrogens (tertiary/aromatic N) is 3. The van der Waals surface area contributed by atoms with Crippen molar-refractivity contribution >= 4 is 15.9 Å². The molecule has 2 heterocycles. The number of carbonyl (C=O) groups is 1. The lowest BCUT2D eigenvalue weighted by Gasteiger charge is -2.37. The van der Waals surface area contributed by atoms with E-state index in [1.54, 1.807) is 61.5 Å². The highest BCUT2D eigenvalue weighted by atomic mass is 32.2. The summed E-state index contributed by atoms with van der Waals surface area (Å²) in [6.07, 6.45) is 1.06. The Morgan fingerprint density at radius 1 is 1.19 bits per heavy atom. The summed E-state index contributed by atoms with van der Waals surface area (Å²) in [4.78, 5) is 18.7. The fourth-order valence-corrected chi connectivity index (χ4v) is 6.37. The van der Waals surface area contributed by atoms with Crippen LogP contribution in [0, 0.1) is 12.8 Å². The monoisotopic (exact) mass is 523 g/mol. The molecular formula is C28H33N3O5S. The van der Waals surface area contributed by atoms with Crippen molar-refractivity contribution in [2.24, 2.45) is 5.92 Å². The number of hydrogen-bond donors (Lipinski definition) is 1. The van der Waals surface area contributed by atoms with E-state index in [-0.39, 0.29) is 42.2 Å². The lowest BCUT2D eigenvalue weighted by Crippen LogP contribution is -2.50. The maximum atomic E-state index is 13.7. The average molecular weight is 524 g/mol. The third-order valence-corrected chi connectivity index (χ3v) is 8.83. The molecule has 0 fully saturated rings. The second-order valence-electron chi connectivity index (χ2n) is 9.62. The van der Waals surface area contributed by atoms with Crippen LogP contribution in [-0.4, -0.2) is 72.5 Å². The van der Waals surface area contributed by atoms with E-state index in [2.05, 4.69) is 4.98 Å². The van der Waals surface area contributed by atoms with Gasteiger partial charge in [-0.3, -0.25) is 9.78 Å². The molecule has 0 saturated carbocycles. The van der Waals surface area contributed by atoms with Crippen LogP contribution in [-0.2, 0) is 10.0 Å². The second kappa shape index (κ2) is 11.0. The number of rotatable bonds is 6. The minimum Gasteiger partial charge on any atom is -0.487 e. The third kappa shape index (κ3) is 5.53. The lowest BCUT2D eigenvalue weighted by atomic mass is 10.00. The summed E-state index contributed by atoms with van der Waals surface area (Å²) in [5.41, 5.74) is 3.18. The Morgan fingerprint density at radius 2 is 1.92 bits per heavy atom. The number of aryl methyl sites for hydroxylation is 1. The molecule has 4 rings (SSSR count). The molecule has 0 aliphatic carbocycles. The molecule has 1 amide bonds.